The van der Waals surface area contributed by atoms with Crippen molar-refractivity contribution >= 4 is 11.8 Å². The van der Waals surface area contributed by atoms with Crippen molar-refractivity contribution in [1.29, 1.82) is 0 Å². The molecular formula is C12H16N2S. The lowest BCUT2D eigenvalue weighted by Crippen LogP contribution is -2.17. The highest BCUT2D eigenvalue weighted by Crippen LogP contribution is 1.98. The Morgan fingerprint density at radius 2 is 2.40 bits per heavy atom. The van der Waals surface area contributed by atoms with Crippen molar-refractivity contribution in [2.24, 2.45) is 0 Å². The van der Waals surface area contributed by atoms with Crippen molar-refractivity contribution in [3.8, 4) is 12.3 Å². The van der Waals surface area contributed by atoms with Crippen LogP contribution in [-0.2, 0) is 6.54 Å². The fourth-order valence-electron chi connectivity index (χ4n) is 1.19. The van der Waals surface area contributed by atoms with Gasteiger partial charge in [0.1, 0.15) is 0 Å². The Labute approximate surface area is 95.9 Å². The summed E-state index contributed by atoms with van der Waals surface area (Å²) in [5.41, 5.74) is 2.16. The van der Waals surface area contributed by atoms with Crippen LogP contribution in [0.4, 0.5) is 0 Å². The van der Waals surface area contributed by atoms with Crippen LogP contribution in [-0.4, -0.2) is 23.0 Å². The minimum atomic E-state index is 0.796. The average molecular weight is 220 g/mol. The van der Waals surface area contributed by atoms with Gasteiger partial charge in [-0.1, -0.05) is 12.0 Å². The molecule has 0 saturated carbocycles. The molecule has 0 amide bonds. The maximum absolute atomic E-state index is 5.15. The van der Waals surface area contributed by atoms with Gasteiger partial charge in [0.15, 0.2) is 0 Å². The molecule has 1 rings (SSSR count). The molecule has 3 heteroatoms. The van der Waals surface area contributed by atoms with E-state index < -0.39 is 0 Å². The van der Waals surface area contributed by atoms with Crippen molar-refractivity contribution in [2.45, 2.75) is 13.5 Å². The first-order chi connectivity index (χ1) is 7.33. The predicted octanol–water partition coefficient (Wildman–Crippen LogP) is 1.85. The lowest BCUT2D eigenvalue weighted by molar-refractivity contribution is 0.713. The zero-order chi connectivity index (χ0) is 10.9. The minimum absolute atomic E-state index is 0.796. The molecule has 0 spiro atoms. The Kier molecular flexibility index (Phi) is 5.91. The molecule has 0 unspecified atom stereocenters. The van der Waals surface area contributed by atoms with E-state index in [2.05, 4.69) is 16.2 Å². The second-order valence-electron chi connectivity index (χ2n) is 3.20. The standard InChI is InChI=1S/C12H16N2S/c1-3-8-15-9-7-13-10-12-6-4-5-11(2)14-12/h1,4-6,13H,7-10H2,2H3. The number of hydrogen-bond acceptors (Lipinski definition) is 3. The van der Waals surface area contributed by atoms with E-state index in [1.165, 1.54) is 0 Å². The van der Waals surface area contributed by atoms with Crippen molar-refractivity contribution in [1.82, 2.24) is 10.3 Å². The maximum Gasteiger partial charge on any atom is 0.0545 e. The highest BCUT2D eigenvalue weighted by Gasteiger charge is 1.93. The van der Waals surface area contributed by atoms with Gasteiger partial charge in [-0.2, -0.15) is 0 Å². The summed E-state index contributed by atoms with van der Waals surface area (Å²) in [6.07, 6.45) is 5.15. The van der Waals surface area contributed by atoms with Gasteiger partial charge >= 0.3 is 0 Å². The van der Waals surface area contributed by atoms with Crippen LogP contribution < -0.4 is 5.32 Å². The highest BCUT2D eigenvalue weighted by molar-refractivity contribution is 7.99. The second kappa shape index (κ2) is 7.33. The SMILES string of the molecule is C#CCSCCNCc1cccc(C)n1. The second-order valence-corrected chi connectivity index (χ2v) is 4.31. The fourth-order valence-corrected chi connectivity index (χ4v) is 1.74. The Morgan fingerprint density at radius 3 is 3.13 bits per heavy atom. The van der Waals surface area contributed by atoms with E-state index in [4.69, 9.17) is 6.42 Å². The number of nitrogens with one attached hydrogen (secondary N) is 1. The van der Waals surface area contributed by atoms with Gasteiger partial charge in [0.05, 0.1) is 11.4 Å². The summed E-state index contributed by atoms with van der Waals surface area (Å²) in [4.78, 5) is 4.41. The topological polar surface area (TPSA) is 24.9 Å². The predicted molar refractivity (Wildman–Crippen MR) is 66.8 cm³/mol. The normalized spacial score (nSPS) is 9.87. The average Bonchev–Trinajstić information content (AvgIpc) is 2.23. The number of rotatable bonds is 6. The minimum Gasteiger partial charge on any atom is -0.310 e. The molecule has 0 aromatic carbocycles. The van der Waals surface area contributed by atoms with Gasteiger partial charge < -0.3 is 5.32 Å². The van der Waals surface area contributed by atoms with Gasteiger partial charge in [0.2, 0.25) is 0 Å². The number of thioether (sulfide) groups is 1. The smallest absolute Gasteiger partial charge is 0.0545 e. The van der Waals surface area contributed by atoms with Crippen molar-refractivity contribution in [2.75, 3.05) is 18.1 Å². The lowest BCUT2D eigenvalue weighted by Gasteiger charge is -2.03. The number of pyridine rings is 1. The molecule has 0 atom stereocenters. The van der Waals surface area contributed by atoms with E-state index in [0.717, 1.165) is 36.0 Å². The van der Waals surface area contributed by atoms with Crippen molar-refractivity contribution in [3.05, 3.63) is 29.6 Å². The molecule has 2 nitrogen and oxygen atoms in total. The largest absolute Gasteiger partial charge is 0.310 e. The molecule has 0 saturated heterocycles. The van der Waals surface area contributed by atoms with Crippen LogP contribution in [0.5, 0.6) is 0 Å². The fraction of sp³-hybridized carbons (Fsp3) is 0.417. The molecule has 1 N–H and O–H groups in total. The Hall–Kier alpha value is -0.980. The summed E-state index contributed by atoms with van der Waals surface area (Å²) in [6, 6.07) is 6.08. The van der Waals surface area contributed by atoms with Gasteiger partial charge in [-0.05, 0) is 19.1 Å². The van der Waals surface area contributed by atoms with Gasteiger partial charge in [0.25, 0.3) is 0 Å². The van der Waals surface area contributed by atoms with Crippen LogP contribution in [0.3, 0.4) is 0 Å². The van der Waals surface area contributed by atoms with Crippen molar-refractivity contribution < 1.29 is 0 Å². The van der Waals surface area contributed by atoms with E-state index in [1.807, 2.05) is 25.1 Å². The van der Waals surface area contributed by atoms with Crippen LogP contribution in [0.2, 0.25) is 0 Å². The summed E-state index contributed by atoms with van der Waals surface area (Å²) in [5, 5.41) is 3.34. The molecule has 1 heterocycles. The Balaban J connectivity index is 2.13. The molecule has 0 aliphatic rings. The van der Waals surface area contributed by atoms with Crippen LogP contribution in [0.1, 0.15) is 11.4 Å². The van der Waals surface area contributed by atoms with E-state index in [9.17, 15) is 0 Å². The number of aromatic nitrogens is 1. The third-order valence-corrected chi connectivity index (χ3v) is 2.72. The van der Waals surface area contributed by atoms with E-state index in [0.29, 0.717) is 0 Å². The molecule has 0 aliphatic carbocycles. The summed E-state index contributed by atoms with van der Waals surface area (Å²) in [7, 11) is 0. The summed E-state index contributed by atoms with van der Waals surface area (Å²) < 4.78 is 0. The van der Waals surface area contributed by atoms with Crippen LogP contribution in [0.15, 0.2) is 18.2 Å². The Morgan fingerprint density at radius 1 is 1.53 bits per heavy atom. The number of nitrogens with zero attached hydrogens (tertiary/aromatic N) is 1. The molecule has 0 radical (unpaired) electrons. The number of aryl methyl sites for hydroxylation is 1. The van der Waals surface area contributed by atoms with E-state index in [-0.39, 0.29) is 0 Å². The third kappa shape index (κ3) is 5.46. The summed E-state index contributed by atoms with van der Waals surface area (Å²) >= 11 is 1.77. The molecular weight excluding hydrogens is 204 g/mol. The first kappa shape index (κ1) is 12.1. The van der Waals surface area contributed by atoms with Gasteiger partial charge in [-0.25, -0.2) is 0 Å². The molecule has 15 heavy (non-hydrogen) atoms. The molecule has 0 bridgehead atoms. The summed E-state index contributed by atoms with van der Waals surface area (Å²) in [5.74, 6) is 4.45. The van der Waals surface area contributed by atoms with Gasteiger partial charge in [-0.15, -0.1) is 18.2 Å². The highest BCUT2D eigenvalue weighted by atomic mass is 32.2. The summed E-state index contributed by atoms with van der Waals surface area (Å²) in [6.45, 7) is 3.81. The Bertz CT molecular complexity index is 331. The molecule has 0 fully saturated rings. The quantitative estimate of drug-likeness (QED) is 0.585. The van der Waals surface area contributed by atoms with Crippen LogP contribution in [0.25, 0.3) is 0 Å². The monoisotopic (exact) mass is 220 g/mol. The van der Waals surface area contributed by atoms with E-state index >= 15 is 0 Å². The zero-order valence-corrected chi connectivity index (χ0v) is 9.81. The van der Waals surface area contributed by atoms with Crippen LogP contribution in [0, 0.1) is 19.3 Å². The first-order valence-corrected chi connectivity index (χ1v) is 6.13. The third-order valence-electron chi connectivity index (χ3n) is 1.86. The van der Waals surface area contributed by atoms with Crippen molar-refractivity contribution in [3.63, 3.8) is 0 Å². The molecule has 1 aromatic rings. The molecule has 0 aliphatic heterocycles. The van der Waals surface area contributed by atoms with Gasteiger partial charge in [0, 0.05) is 24.5 Å². The number of hydrogen-bond donors (Lipinski definition) is 1. The van der Waals surface area contributed by atoms with Gasteiger partial charge in [-0.3, -0.25) is 4.98 Å². The zero-order valence-electron chi connectivity index (χ0n) is 8.99. The number of terminal acetylenes is 1. The maximum atomic E-state index is 5.15. The molecule has 80 valence electrons. The lowest BCUT2D eigenvalue weighted by atomic mass is 10.3. The van der Waals surface area contributed by atoms with Crippen LogP contribution >= 0.6 is 11.8 Å². The van der Waals surface area contributed by atoms with E-state index in [1.54, 1.807) is 11.8 Å². The first-order valence-electron chi connectivity index (χ1n) is 4.97. The molecule has 1 aromatic heterocycles.